The summed E-state index contributed by atoms with van der Waals surface area (Å²) < 4.78 is 0. The van der Waals surface area contributed by atoms with Gasteiger partial charge in [0.2, 0.25) is 0 Å². The maximum absolute atomic E-state index is 11.0. The molecule has 0 aliphatic carbocycles. The Bertz CT molecular complexity index is 821. The van der Waals surface area contributed by atoms with Crippen molar-refractivity contribution in [1.29, 1.82) is 0 Å². The monoisotopic (exact) mass is 415 g/mol. The number of fused-ring (bicyclic) bond motifs is 2. The molecule has 2 aromatic carbocycles. The molecule has 0 saturated carbocycles. The molecule has 2 aromatic rings. The third-order valence-corrected chi connectivity index (χ3v) is 7.52. The molecule has 0 aromatic heterocycles. The minimum Gasteiger partial charge on any atom is -0.505 e. The third-order valence-electron chi connectivity index (χ3n) is 5.47. The highest BCUT2D eigenvalue weighted by Crippen LogP contribution is 2.53. The number of rotatable bonds is 6. The van der Waals surface area contributed by atoms with Crippen molar-refractivity contribution < 1.29 is 5.11 Å². The van der Waals surface area contributed by atoms with Crippen molar-refractivity contribution >= 4 is 34.9 Å². The molecule has 0 amide bonds. The second-order valence-corrected chi connectivity index (χ2v) is 9.80. The lowest BCUT2D eigenvalue weighted by molar-refractivity contribution is 0.153. The van der Waals surface area contributed by atoms with Crippen LogP contribution in [0.5, 0.6) is 5.75 Å². The topological polar surface area (TPSA) is 30.0 Å². The van der Waals surface area contributed by atoms with E-state index >= 15 is 0 Å². The van der Waals surface area contributed by atoms with E-state index in [1.54, 1.807) is 23.5 Å². The molecule has 1 saturated heterocycles. The van der Waals surface area contributed by atoms with Gasteiger partial charge in [0.1, 0.15) is 0 Å². The van der Waals surface area contributed by atoms with E-state index in [-0.39, 0.29) is 0 Å². The Balaban J connectivity index is 1.56. The lowest BCUT2D eigenvalue weighted by Gasteiger charge is -2.35. The van der Waals surface area contributed by atoms with Crippen LogP contribution in [0, 0.1) is 0 Å². The standard InChI is InChI=1S/C22H29N3OS2/c1-3-27-20-10-9-19-21(22(20)26)25(17-7-4-5-8-18(17)28-19)12-6-11-24-15-13-23(2)14-16-24/h4-5,7-10,26H,3,6,11-16H2,1-2H3. The molecule has 2 aliphatic rings. The molecule has 0 radical (unpaired) electrons. The second-order valence-electron chi connectivity index (χ2n) is 7.41. The largest absolute Gasteiger partial charge is 0.505 e. The summed E-state index contributed by atoms with van der Waals surface area (Å²) in [5, 5.41) is 11.0. The van der Waals surface area contributed by atoms with Crippen molar-refractivity contribution in [2.24, 2.45) is 0 Å². The molecule has 0 unspecified atom stereocenters. The Morgan fingerprint density at radius 1 is 1.00 bits per heavy atom. The van der Waals surface area contributed by atoms with Crippen LogP contribution < -0.4 is 4.90 Å². The van der Waals surface area contributed by atoms with Crippen molar-refractivity contribution in [3.8, 4) is 5.75 Å². The van der Waals surface area contributed by atoms with Crippen molar-refractivity contribution in [2.75, 3.05) is 57.0 Å². The van der Waals surface area contributed by atoms with E-state index in [2.05, 4.69) is 65.1 Å². The number of thioether (sulfide) groups is 1. The summed E-state index contributed by atoms with van der Waals surface area (Å²) in [6.07, 6.45) is 1.09. The van der Waals surface area contributed by atoms with E-state index in [0.29, 0.717) is 5.75 Å². The van der Waals surface area contributed by atoms with Gasteiger partial charge in [-0.1, -0.05) is 30.8 Å². The van der Waals surface area contributed by atoms with Crippen LogP contribution in [0.2, 0.25) is 0 Å². The van der Waals surface area contributed by atoms with Gasteiger partial charge in [-0.15, -0.1) is 11.8 Å². The summed E-state index contributed by atoms with van der Waals surface area (Å²) in [5.74, 6) is 1.39. The predicted molar refractivity (Wildman–Crippen MR) is 121 cm³/mol. The Labute approximate surface area is 176 Å². The van der Waals surface area contributed by atoms with Gasteiger partial charge < -0.3 is 19.8 Å². The molecule has 150 valence electrons. The third kappa shape index (κ3) is 4.15. The number of benzene rings is 2. The molecule has 6 heteroatoms. The number of piperazine rings is 1. The van der Waals surface area contributed by atoms with Gasteiger partial charge in [0.25, 0.3) is 0 Å². The first-order valence-electron chi connectivity index (χ1n) is 10.1. The number of phenols is 1. The lowest BCUT2D eigenvalue weighted by Crippen LogP contribution is -2.45. The summed E-state index contributed by atoms with van der Waals surface area (Å²) in [6, 6.07) is 12.8. The van der Waals surface area contributed by atoms with E-state index in [9.17, 15) is 5.11 Å². The number of hydrogen-bond acceptors (Lipinski definition) is 6. The fourth-order valence-electron chi connectivity index (χ4n) is 3.92. The first kappa shape index (κ1) is 20.0. The van der Waals surface area contributed by atoms with E-state index in [0.717, 1.165) is 66.9 Å². The van der Waals surface area contributed by atoms with Gasteiger partial charge in [0.15, 0.2) is 5.75 Å². The Morgan fingerprint density at radius 3 is 2.57 bits per heavy atom. The zero-order chi connectivity index (χ0) is 19.5. The molecular formula is C22H29N3OS2. The van der Waals surface area contributed by atoms with Gasteiger partial charge in [-0.3, -0.25) is 0 Å². The van der Waals surface area contributed by atoms with E-state index in [1.807, 2.05) is 0 Å². The molecule has 2 heterocycles. The quantitative estimate of drug-likeness (QED) is 0.686. The molecule has 28 heavy (non-hydrogen) atoms. The van der Waals surface area contributed by atoms with Gasteiger partial charge in [-0.05, 0) is 50.0 Å². The molecule has 1 fully saturated rings. The molecule has 1 N–H and O–H groups in total. The number of nitrogens with zero attached hydrogens (tertiary/aromatic N) is 3. The summed E-state index contributed by atoms with van der Waals surface area (Å²) in [7, 11) is 2.20. The molecule has 4 rings (SSSR count). The number of aromatic hydroxyl groups is 1. The van der Waals surface area contributed by atoms with Crippen LogP contribution in [0.15, 0.2) is 51.1 Å². The van der Waals surface area contributed by atoms with Gasteiger partial charge >= 0.3 is 0 Å². The smallest absolute Gasteiger partial charge is 0.153 e. The highest BCUT2D eigenvalue weighted by Gasteiger charge is 2.27. The zero-order valence-corrected chi connectivity index (χ0v) is 18.4. The van der Waals surface area contributed by atoms with Crippen molar-refractivity contribution in [3.05, 3.63) is 36.4 Å². The Hall–Kier alpha value is -1.34. The highest BCUT2D eigenvalue weighted by molar-refractivity contribution is 8.00. The number of para-hydroxylation sites is 1. The Kier molecular flexibility index (Phi) is 6.41. The highest BCUT2D eigenvalue weighted by atomic mass is 32.2. The first-order valence-corrected chi connectivity index (χ1v) is 11.9. The normalized spacial score (nSPS) is 17.4. The van der Waals surface area contributed by atoms with Crippen molar-refractivity contribution in [3.63, 3.8) is 0 Å². The maximum Gasteiger partial charge on any atom is 0.153 e. The van der Waals surface area contributed by atoms with Crippen LogP contribution in [0.4, 0.5) is 11.4 Å². The number of likely N-dealkylation sites (N-methyl/N-ethyl adjacent to an activating group) is 1. The van der Waals surface area contributed by atoms with E-state index < -0.39 is 0 Å². The molecule has 4 nitrogen and oxygen atoms in total. The molecular weight excluding hydrogens is 386 g/mol. The lowest BCUT2D eigenvalue weighted by atomic mass is 10.2. The van der Waals surface area contributed by atoms with Crippen molar-refractivity contribution in [1.82, 2.24) is 9.80 Å². The maximum atomic E-state index is 11.0. The van der Waals surface area contributed by atoms with Crippen LogP contribution in [-0.2, 0) is 0 Å². The summed E-state index contributed by atoms with van der Waals surface area (Å²) in [6.45, 7) is 8.78. The van der Waals surface area contributed by atoms with Crippen LogP contribution >= 0.6 is 23.5 Å². The van der Waals surface area contributed by atoms with Gasteiger partial charge in [0, 0.05) is 42.5 Å². The van der Waals surface area contributed by atoms with E-state index in [4.69, 9.17) is 0 Å². The fourth-order valence-corrected chi connectivity index (χ4v) is 5.73. The molecule has 2 aliphatic heterocycles. The van der Waals surface area contributed by atoms with Crippen LogP contribution in [0.25, 0.3) is 0 Å². The summed E-state index contributed by atoms with van der Waals surface area (Å²) >= 11 is 3.47. The SMILES string of the molecule is CCSc1ccc2c(c1O)N(CCCN1CCN(C)CC1)c1ccccc1S2. The average molecular weight is 416 g/mol. The van der Waals surface area contributed by atoms with Crippen LogP contribution in [0.1, 0.15) is 13.3 Å². The molecule has 0 atom stereocenters. The van der Waals surface area contributed by atoms with Crippen LogP contribution in [-0.4, -0.2) is 67.0 Å². The second kappa shape index (κ2) is 8.99. The minimum atomic E-state index is 0.436. The minimum absolute atomic E-state index is 0.436. The van der Waals surface area contributed by atoms with Gasteiger partial charge in [-0.2, -0.15) is 0 Å². The average Bonchev–Trinajstić information content (AvgIpc) is 2.71. The molecule has 0 spiro atoms. The van der Waals surface area contributed by atoms with E-state index in [1.165, 1.54) is 10.6 Å². The number of phenolic OH excluding ortho intramolecular Hbond substituents is 1. The predicted octanol–water partition coefficient (Wildman–Crippen LogP) is 4.74. The summed E-state index contributed by atoms with van der Waals surface area (Å²) in [4.78, 5) is 10.7. The summed E-state index contributed by atoms with van der Waals surface area (Å²) in [5.41, 5.74) is 2.20. The number of anilines is 2. The molecule has 0 bridgehead atoms. The fraction of sp³-hybridized carbons (Fsp3) is 0.455. The van der Waals surface area contributed by atoms with Crippen LogP contribution in [0.3, 0.4) is 0 Å². The number of hydrogen-bond donors (Lipinski definition) is 1. The Morgan fingerprint density at radius 2 is 1.79 bits per heavy atom. The van der Waals surface area contributed by atoms with Gasteiger partial charge in [0.05, 0.1) is 16.3 Å². The van der Waals surface area contributed by atoms with Gasteiger partial charge in [-0.25, -0.2) is 0 Å². The first-order chi connectivity index (χ1) is 13.7. The zero-order valence-electron chi connectivity index (χ0n) is 16.7. The van der Waals surface area contributed by atoms with Crippen molar-refractivity contribution in [2.45, 2.75) is 28.0 Å².